The number of esters is 1. The van der Waals surface area contributed by atoms with Crippen LogP contribution in [-0.2, 0) is 14.3 Å². The molecule has 5 heteroatoms. The Labute approximate surface area is 137 Å². The van der Waals surface area contributed by atoms with E-state index in [-0.39, 0.29) is 24.0 Å². The third kappa shape index (κ3) is 6.23. The number of ether oxygens (including phenoxy) is 2. The van der Waals surface area contributed by atoms with Crippen molar-refractivity contribution in [1.82, 2.24) is 0 Å². The van der Waals surface area contributed by atoms with E-state index in [0.29, 0.717) is 6.42 Å². The molecule has 0 aliphatic carbocycles. The van der Waals surface area contributed by atoms with E-state index in [0.717, 1.165) is 6.42 Å². The summed E-state index contributed by atoms with van der Waals surface area (Å²) < 4.78 is 11.1. The fourth-order valence-corrected chi connectivity index (χ4v) is 2.52. The molecular formula is C17H23ClO4. The molecule has 22 heavy (non-hydrogen) atoms. The number of aliphatic hydroxyl groups is 1. The summed E-state index contributed by atoms with van der Waals surface area (Å²) in [5.74, 6) is 1.98. The Bertz CT molecular complexity index is 452. The second-order valence-corrected chi connectivity index (χ2v) is 5.76. The summed E-state index contributed by atoms with van der Waals surface area (Å²) in [6.07, 6.45) is 11.6. The first-order valence-corrected chi connectivity index (χ1v) is 7.85. The molecule has 122 valence electrons. The van der Waals surface area contributed by atoms with Gasteiger partial charge in [-0.3, -0.25) is 4.79 Å². The summed E-state index contributed by atoms with van der Waals surface area (Å²) in [4.78, 5) is 11.1. The lowest BCUT2D eigenvalue weighted by molar-refractivity contribution is -0.151. The molecule has 5 atom stereocenters. The summed E-state index contributed by atoms with van der Waals surface area (Å²) in [6.45, 7) is 3.31. The van der Waals surface area contributed by atoms with Crippen molar-refractivity contribution in [1.29, 1.82) is 0 Å². The predicted octanol–water partition coefficient (Wildman–Crippen LogP) is 2.59. The van der Waals surface area contributed by atoms with Gasteiger partial charge in [-0.15, -0.1) is 18.0 Å². The second kappa shape index (κ2) is 9.68. The largest absolute Gasteiger partial charge is 0.456 e. The Hall–Kier alpha value is -1.28. The van der Waals surface area contributed by atoms with E-state index in [2.05, 4.69) is 5.92 Å². The zero-order valence-corrected chi connectivity index (χ0v) is 13.7. The Morgan fingerprint density at radius 2 is 2.36 bits per heavy atom. The number of carbonyl (C=O) groups is 1. The zero-order chi connectivity index (χ0) is 16.5. The van der Waals surface area contributed by atoms with Crippen LogP contribution in [-0.4, -0.2) is 40.9 Å². The van der Waals surface area contributed by atoms with Crippen molar-refractivity contribution in [3.05, 3.63) is 24.3 Å². The Morgan fingerprint density at radius 1 is 1.64 bits per heavy atom. The summed E-state index contributed by atoms with van der Waals surface area (Å²) in [5.41, 5.74) is 0. The fraction of sp³-hybridized carbons (Fsp3) is 0.588. The first kappa shape index (κ1) is 18.8. The smallest absolute Gasteiger partial charge is 0.303 e. The minimum Gasteiger partial charge on any atom is -0.456 e. The SMILES string of the molecule is C#C/C=C\CC(Cl)[C@H]1C[C@@H](O)[C@H](OC(C)=O)/C=C\[C@@H](CC)O1. The highest BCUT2D eigenvalue weighted by molar-refractivity contribution is 6.21. The number of hydrogen-bond acceptors (Lipinski definition) is 4. The molecule has 1 aliphatic heterocycles. The second-order valence-electron chi connectivity index (χ2n) is 5.20. The van der Waals surface area contributed by atoms with Crippen LogP contribution in [0.25, 0.3) is 0 Å². The van der Waals surface area contributed by atoms with Gasteiger partial charge in [0.2, 0.25) is 0 Å². The van der Waals surface area contributed by atoms with Crippen LogP contribution in [0.4, 0.5) is 0 Å². The number of alkyl halides is 1. The Morgan fingerprint density at radius 3 is 2.95 bits per heavy atom. The van der Waals surface area contributed by atoms with Gasteiger partial charge in [0.15, 0.2) is 0 Å². The van der Waals surface area contributed by atoms with E-state index in [1.165, 1.54) is 6.92 Å². The van der Waals surface area contributed by atoms with Crippen molar-refractivity contribution in [3.8, 4) is 12.3 Å². The molecule has 0 amide bonds. The summed E-state index contributed by atoms with van der Waals surface area (Å²) in [5, 5.41) is 9.93. The van der Waals surface area contributed by atoms with E-state index in [9.17, 15) is 9.90 Å². The quantitative estimate of drug-likeness (QED) is 0.365. The third-order valence-corrected chi connectivity index (χ3v) is 3.86. The van der Waals surface area contributed by atoms with E-state index in [1.54, 1.807) is 18.2 Å². The average molecular weight is 327 g/mol. The molecule has 4 nitrogen and oxygen atoms in total. The van der Waals surface area contributed by atoms with Gasteiger partial charge in [0.25, 0.3) is 0 Å². The molecule has 0 aromatic carbocycles. The highest BCUT2D eigenvalue weighted by Gasteiger charge is 2.31. The normalized spacial score (nSPS) is 31.8. The van der Waals surface area contributed by atoms with Gasteiger partial charge in [0.05, 0.1) is 23.7 Å². The van der Waals surface area contributed by atoms with Crippen molar-refractivity contribution in [3.63, 3.8) is 0 Å². The van der Waals surface area contributed by atoms with E-state index in [1.807, 2.05) is 13.0 Å². The summed E-state index contributed by atoms with van der Waals surface area (Å²) in [7, 11) is 0. The minimum absolute atomic E-state index is 0.131. The summed E-state index contributed by atoms with van der Waals surface area (Å²) >= 11 is 6.37. The number of carbonyl (C=O) groups excluding carboxylic acids is 1. The van der Waals surface area contributed by atoms with Crippen LogP contribution in [0.3, 0.4) is 0 Å². The van der Waals surface area contributed by atoms with Gasteiger partial charge in [-0.25, -0.2) is 0 Å². The molecule has 1 unspecified atom stereocenters. The Kier molecular flexibility index (Phi) is 8.26. The van der Waals surface area contributed by atoms with Crippen LogP contribution in [0.5, 0.6) is 0 Å². The average Bonchev–Trinajstić information content (AvgIpc) is 2.46. The molecule has 1 aliphatic rings. The molecule has 0 aromatic heterocycles. The standard InChI is InChI=1S/C17H23ClO4/c1-4-6-7-8-14(18)17-11-15(20)16(21-12(3)19)10-9-13(5-2)22-17/h1,6-7,9-10,13-17,20H,5,8,11H2,2-3H3/b7-6-,10-9-/t13-,14?,15-,16-,17-/m1/s1. The van der Waals surface area contributed by atoms with Crippen molar-refractivity contribution in [2.45, 2.75) is 62.9 Å². The molecule has 0 spiro atoms. The number of terminal acetylenes is 1. The number of halogens is 1. The molecule has 0 aromatic rings. The number of allylic oxidation sites excluding steroid dienone is 2. The highest BCUT2D eigenvalue weighted by Crippen LogP contribution is 2.24. The highest BCUT2D eigenvalue weighted by atomic mass is 35.5. The maximum Gasteiger partial charge on any atom is 0.303 e. The van der Waals surface area contributed by atoms with Gasteiger partial charge in [-0.1, -0.05) is 25.0 Å². The molecule has 0 bridgehead atoms. The van der Waals surface area contributed by atoms with E-state index in [4.69, 9.17) is 27.5 Å². The number of hydrogen-bond donors (Lipinski definition) is 1. The van der Waals surface area contributed by atoms with Crippen LogP contribution in [0.1, 0.15) is 33.1 Å². The van der Waals surface area contributed by atoms with Gasteiger partial charge in [0, 0.05) is 13.3 Å². The lowest BCUT2D eigenvalue weighted by atomic mass is 9.99. The van der Waals surface area contributed by atoms with Crippen LogP contribution in [0.15, 0.2) is 24.3 Å². The van der Waals surface area contributed by atoms with Gasteiger partial charge in [-0.05, 0) is 25.0 Å². The van der Waals surface area contributed by atoms with Gasteiger partial charge < -0.3 is 14.6 Å². The van der Waals surface area contributed by atoms with Crippen LogP contribution < -0.4 is 0 Å². The molecule has 1 N–H and O–H groups in total. The molecule has 1 heterocycles. The lowest BCUT2D eigenvalue weighted by Crippen LogP contribution is -2.40. The molecule has 0 fully saturated rings. The lowest BCUT2D eigenvalue weighted by Gasteiger charge is -2.32. The maximum atomic E-state index is 11.1. The first-order chi connectivity index (χ1) is 10.5. The molecule has 0 radical (unpaired) electrons. The molecular weight excluding hydrogens is 304 g/mol. The van der Waals surface area contributed by atoms with Crippen LogP contribution >= 0.6 is 11.6 Å². The number of aliphatic hydroxyl groups excluding tert-OH is 1. The molecule has 0 saturated heterocycles. The monoisotopic (exact) mass is 326 g/mol. The van der Waals surface area contributed by atoms with Crippen molar-refractivity contribution >= 4 is 17.6 Å². The van der Waals surface area contributed by atoms with Crippen LogP contribution in [0, 0.1) is 12.3 Å². The van der Waals surface area contributed by atoms with Gasteiger partial charge in [-0.2, -0.15) is 0 Å². The fourth-order valence-electron chi connectivity index (χ4n) is 2.25. The van der Waals surface area contributed by atoms with Crippen LogP contribution in [0.2, 0.25) is 0 Å². The van der Waals surface area contributed by atoms with Crippen molar-refractivity contribution < 1.29 is 19.4 Å². The van der Waals surface area contributed by atoms with Crippen molar-refractivity contribution in [2.24, 2.45) is 0 Å². The predicted molar refractivity (Wildman–Crippen MR) is 86.5 cm³/mol. The number of rotatable bonds is 5. The maximum absolute atomic E-state index is 11.1. The summed E-state index contributed by atoms with van der Waals surface area (Å²) in [6, 6.07) is 0. The zero-order valence-electron chi connectivity index (χ0n) is 12.9. The van der Waals surface area contributed by atoms with E-state index < -0.39 is 18.2 Å². The molecule has 1 rings (SSSR count). The third-order valence-electron chi connectivity index (χ3n) is 3.40. The molecule has 0 saturated carbocycles. The Balaban J connectivity index is 2.83. The van der Waals surface area contributed by atoms with E-state index >= 15 is 0 Å². The first-order valence-electron chi connectivity index (χ1n) is 7.42. The van der Waals surface area contributed by atoms with Crippen molar-refractivity contribution in [2.75, 3.05) is 0 Å². The minimum atomic E-state index is -0.860. The topological polar surface area (TPSA) is 55.8 Å². The van der Waals surface area contributed by atoms with Gasteiger partial charge >= 0.3 is 5.97 Å². The van der Waals surface area contributed by atoms with Gasteiger partial charge in [0.1, 0.15) is 6.10 Å².